The summed E-state index contributed by atoms with van der Waals surface area (Å²) in [6, 6.07) is 9.18. The molecule has 3 rings (SSSR count). The fourth-order valence-corrected chi connectivity index (χ4v) is 3.33. The number of methoxy groups -OCH3 is 2. The number of para-hydroxylation sites is 1. The summed E-state index contributed by atoms with van der Waals surface area (Å²) in [5.41, 5.74) is 2.34. The molecule has 0 bridgehead atoms. The summed E-state index contributed by atoms with van der Waals surface area (Å²) in [7, 11) is 3.20. The van der Waals surface area contributed by atoms with Crippen LogP contribution in [-0.4, -0.2) is 52.6 Å². The zero-order valence-corrected chi connectivity index (χ0v) is 17.8. The van der Waals surface area contributed by atoms with Crippen LogP contribution in [0.5, 0.6) is 23.0 Å². The van der Waals surface area contributed by atoms with E-state index in [1.165, 1.54) is 0 Å². The molecule has 0 saturated carbocycles. The van der Waals surface area contributed by atoms with E-state index in [0.29, 0.717) is 48.4 Å². The van der Waals surface area contributed by atoms with Crippen molar-refractivity contribution in [2.24, 2.45) is 4.99 Å². The molecule has 1 heterocycles. The van der Waals surface area contributed by atoms with Crippen LogP contribution < -0.4 is 18.9 Å². The first-order chi connectivity index (χ1) is 14.6. The minimum Gasteiger partial charge on any atom is -0.496 e. The zero-order chi connectivity index (χ0) is 21.5. The minimum absolute atomic E-state index is 0.0340. The summed E-state index contributed by atoms with van der Waals surface area (Å²) >= 11 is 0. The lowest BCUT2D eigenvalue weighted by Gasteiger charge is -2.24. The van der Waals surface area contributed by atoms with E-state index in [4.69, 9.17) is 23.7 Å². The predicted molar refractivity (Wildman–Crippen MR) is 114 cm³/mol. The maximum absolute atomic E-state index is 12.9. The molecule has 2 aromatic carbocycles. The third kappa shape index (κ3) is 4.74. The molecule has 0 aromatic heterocycles. The molecule has 0 N–H and O–H groups in total. The van der Waals surface area contributed by atoms with E-state index in [1.807, 2.05) is 44.2 Å². The summed E-state index contributed by atoms with van der Waals surface area (Å²) in [6.07, 6.45) is 0.858. The Morgan fingerprint density at radius 2 is 1.87 bits per heavy atom. The molecule has 7 nitrogen and oxygen atoms in total. The van der Waals surface area contributed by atoms with Gasteiger partial charge in [-0.3, -0.25) is 9.79 Å². The summed E-state index contributed by atoms with van der Waals surface area (Å²) in [5.74, 6) is 2.41. The van der Waals surface area contributed by atoms with Crippen LogP contribution >= 0.6 is 0 Å². The van der Waals surface area contributed by atoms with Crippen molar-refractivity contribution >= 4 is 12.0 Å². The largest absolute Gasteiger partial charge is 0.496 e. The van der Waals surface area contributed by atoms with Gasteiger partial charge in [-0.2, -0.15) is 0 Å². The van der Waals surface area contributed by atoms with Crippen molar-refractivity contribution in [1.82, 2.24) is 0 Å². The topological polar surface area (TPSA) is 75.6 Å². The number of carbonyl (C=O) groups is 1. The SMILES string of the molecule is CCOC(C(=O)CN=Cc1cc(OC)c(C)c(OC)c1)c1cccc2c1OCCO2. The number of benzene rings is 2. The normalized spacial score (nSPS) is 13.9. The number of rotatable bonds is 9. The van der Waals surface area contributed by atoms with Crippen LogP contribution in [0.1, 0.15) is 29.7 Å². The maximum Gasteiger partial charge on any atom is 0.187 e. The Hall–Kier alpha value is -3.06. The highest BCUT2D eigenvalue weighted by atomic mass is 16.6. The molecule has 1 aliphatic heterocycles. The Kier molecular flexibility index (Phi) is 7.30. The fraction of sp³-hybridized carbons (Fsp3) is 0.391. The number of ether oxygens (including phenoxy) is 5. The van der Waals surface area contributed by atoms with Crippen molar-refractivity contribution in [3.8, 4) is 23.0 Å². The smallest absolute Gasteiger partial charge is 0.187 e. The van der Waals surface area contributed by atoms with Crippen LogP contribution in [0.15, 0.2) is 35.3 Å². The van der Waals surface area contributed by atoms with Gasteiger partial charge in [0, 0.05) is 23.9 Å². The number of fused-ring (bicyclic) bond motifs is 1. The highest BCUT2D eigenvalue weighted by Crippen LogP contribution is 2.38. The van der Waals surface area contributed by atoms with Crippen LogP contribution in [0, 0.1) is 6.92 Å². The highest BCUT2D eigenvalue weighted by Gasteiger charge is 2.27. The van der Waals surface area contributed by atoms with Crippen molar-refractivity contribution in [1.29, 1.82) is 0 Å². The molecule has 160 valence electrons. The van der Waals surface area contributed by atoms with Gasteiger partial charge < -0.3 is 23.7 Å². The van der Waals surface area contributed by atoms with E-state index in [-0.39, 0.29) is 12.3 Å². The van der Waals surface area contributed by atoms with E-state index in [2.05, 4.69) is 4.99 Å². The minimum atomic E-state index is -0.772. The number of nitrogens with zero attached hydrogens (tertiary/aromatic N) is 1. The lowest BCUT2D eigenvalue weighted by atomic mass is 10.0. The predicted octanol–water partition coefficient (Wildman–Crippen LogP) is 3.55. The van der Waals surface area contributed by atoms with Gasteiger partial charge in [-0.15, -0.1) is 0 Å². The van der Waals surface area contributed by atoms with E-state index < -0.39 is 6.10 Å². The first-order valence-electron chi connectivity index (χ1n) is 9.84. The molecule has 0 aliphatic carbocycles. The van der Waals surface area contributed by atoms with Gasteiger partial charge in [-0.1, -0.05) is 12.1 Å². The lowest BCUT2D eigenvalue weighted by Crippen LogP contribution is -2.22. The number of hydrogen-bond donors (Lipinski definition) is 0. The molecule has 0 fully saturated rings. The third-order valence-corrected chi connectivity index (χ3v) is 4.77. The van der Waals surface area contributed by atoms with Crippen molar-refractivity contribution in [2.75, 3.05) is 40.6 Å². The number of ketones is 1. The third-order valence-electron chi connectivity index (χ3n) is 4.77. The number of carbonyl (C=O) groups excluding carboxylic acids is 1. The van der Waals surface area contributed by atoms with Gasteiger partial charge in [0.15, 0.2) is 17.3 Å². The van der Waals surface area contributed by atoms with Crippen molar-refractivity contribution in [2.45, 2.75) is 20.0 Å². The van der Waals surface area contributed by atoms with Gasteiger partial charge in [0.1, 0.15) is 37.4 Å². The molecule has 0 spiro atoms. The second-order valence-electron chi connectivity index (χ2n) is 6.69. The van der Waals surface area contributed by atoms with Gasteiger partial charge in [-0.05, 0) is 37.6 Å². The van der Waals surface area contributed by atoms with Gasteiger partial charge in [0.25, 0.3) is 0 Å². The van der Waals surface area contributed by atoms with Gasteiger partial charge in [0.05, 0.1) is 14.2 Å². The first-order valence-corrected chi connectivity index (χ1v) is 9.84. The van der Waals surface area contributed by atoms with Gasteiger partial charge in [-0.25, -0.2) is 0 Å². The number of Topliss-reactive ketones (excluding diaryl/α,β-unsaturated/α-hetero) is 1. The van der Waals surface area contributed by atoms with Crippen molar-refractivity contribution in [3.63, 3.8) is 0 Å². The molecule has 0 amide bonds. The van der Waals surface area contributed by atoms with E-state index in [0.717, 1.165) is 11.1 Å². The zero-order valence-electron chi connectivity index (χ0n) is 17.8. The molecule has 0 radical (unpaired) electrons. The quantitative estimate of drug-likeness (QED) is 0.585. The van der Waals surface area contributed by atoms with Crippen LogP contribution in [0.25, 0.3) is 0 Å². The van der Waals surface area contributed by atoms with E-state index >= 15 is 0 Å². The Bertz CT molecular complexity index is 899. The molecule has 7 heteroatoms. The second-order valence-corrected chi connectivity index (χ2v) is 6.69. The maximum atomic E-state index is 12.9. The Morgan fingerprint density at radius 1 is 1.17 bits per heavy atom. The Balaban J connectivity index is 1.78. The molecular weight excluding hydrogens is 386 g/mol. The van der Waals surface area contributed by atoms with E-state index in [1.54, 1.807) is 20.4 Å². The van der Waals surface area contributed by atoms with Gasteiger partial charge >= 0.3 is 0 Å². The standard InChI is InChI=1S/C23H27NO6/c1-5-28-22(17-7-6-8-19-23(17)30-10-9-29-19)18(25)14-24-13-16-11-20(26-3)15(2)21(12-16)27-4/h6-8,11-13,22H,5,9-10,14H2,1-4H3. The fourth-order valence-electron chi connectivity index (χ4n) is 3.33. The van der Waals surface area contributed by atoms with Crippen LogP contribution in [0.4, 0.5) is 0 Å². The van der Waals surface area contributed by atoms with Crippen LogP contribution in [0.2, 0.25) is 0 Å². The molecule has 2 aromatic rings. The number of hydrogen-bond acceptors (Lipinski definition) is 7. The monoisotopic (exact) mass is 413 g/mol. The summed E-state index contributed by atoms with van der Waals surface area (Å²) in [4.78, 5) is 17.3. The lowest BCUT2D eigenvalue weighted by molar-refractivity contribution is -0.129. The molecule has 1 unspecified atom stereocenters. The molecular formula is C23H27NO6. The summed E-state index contributed by atoms with van der Waals surface area (Å²) < 4.78 is 27.9. The van der Waals surface area contributed by atoms with E-state index in [9.17, 15) is 4.79 Å². The molecule has 1 aliphatic rings. The number of aliphatic imine (C=N–C) groups is 1. The van der Waals surface area contributed by atoms with Crippen molar-refractivity contribution in [3.05, 3.63) is 47.0 Å². The average molecular weight is 413 g/mol. The molecule has 0 saturated heterocycles. The van der Waals surface area contributed by atoms with Crippen LogP contribution in [-0.2, 0) is 9.53 Å². The average Bonchev–Trinajstić information content (AvgIpc) is 2.78. The van der Waals surface area contributed by atoms with Crippen molar-refractivity contribution < 1.29 is 28.5 Å². The summed E-state index contributed by atoms with van der Waals surface area (Å²) in [6.45, 7) is 5.04. The van der Waals surface area contributed by atoms with Crippen LogP contribution in [0.3, 0.4) is 0 Å². The van der Waals surface area contributed by atoms with Gasteiger partial charge in [0.2, 0.25) is 0 Å². The second kappa shape index (κ2) is 10.1. The first kappa shape index (κ1) is 21.6. The Morgan fingerprint density at radius 3 is 2.53 bits per heavy atom. The highest BCUT2D eigenvalue weighted by molar-refractivity contribution is 5.90. The molecule has 30 heavy (non-hydrogen) atoms. The Labute approximate surface area is 176 Å². The summed E-state index contributed by atoms with van der Waals surface area (Å²) in [5, 5.41) is 0. The molecule has 1 atom stereocenters.